The smallest absolute Gasteiger partial charge is 0.250 e. The SMILES string of the molecule is NC(=O)c1cccc2c(C3NC4=C(CN=CC=C4)C(NCc4ccccc4)N3)n[nH]c12. The molecule has 2 aliphatic rings. The summed E-state index contributed by atoms with van der Waals surface area (Å²) in [6.45, 7) is 1.30. The van der Waals surface area contributed by atoms with Gasteiger partial charge in [-0.15, -0.1) is 0 Å². The minimum atomic E-state index is -0.485. The third kappa shape index (κ3) is 3.74. The number of aliphatic imine (C=N–C) groups is 1. The summed E-state index contributed by atoms with van der Waals surface area (Å²) in [6.07, 6.45) is 5.39. The fourth-order valence-corrected chi connectivity index (χ4v) is 4.03. The van der Waals surface area contributed by atoms with Gasteiger partial charge in [-0.2, -0.15) is 5.10 Å². The lowest BCUT2D eigenvalue weighted by Gasteiger charge is -2.35. The number of benzene rings is 2. The molecule has 5 rings (SSSR count). The molecule has 2 aromatic carbocycles. The number of allylic oxidation sites excluding steroid dienone is 2. The zero-order valence-electron chi connectivity index (χ0n) is 16.8. The summed E-state index contributed by atoms with van der Waals surface area (Å²) >= 11 is 0. The van der Waals surface area contributed by atoms with Gasteiger partial charge < -0.3 is 11.1 Å². The highest BCUT2D eigenvalue weighted by molar-refractivity contribution is 6.05. The van der Waals surface area contributed by atoms with Crippen LogP contribution in [0, 0.1) is 0 Å². The van der Waals surface area contributed by atoms with Gasteiger partial charge >= 0.3 is 0 Å². The van der Waals surface area contributed by atoms with Crippen LogP contribution in [-0.4, -0.2) is 35.0 Å². The monoisotopic (exact) mass is 413 g/mol. The van der Waals surface area contributed by atoms with Gasteiger partial charge in [0.1, 0.15) is 11.9 Å². The minimum Gasteiger partial charge on any atom is -0.366 e. The zero-order chi connectivity index (χ0) is 21.2. The van der Waals surface area contributed by atoms with Crippen molar-refractivity contribution in [2.45, 2.75) is 18.9 Å². The first-order valence-electron chi connectivity index (χ1n) is 10.2. The number of aromatic amines is 1. The van der Waals surface area contributed by atoms with Crippen LogP contribution in [0.3, 0.4) is 0 Å². The lowest BCUT2D eigenvalue weighted by molar-refractivity contribution is 0.100. The summed E-state index contributed by atoms with van der Waals surface area (Å²) in [7, 11) is 0. The molecule has 1 amide bonds. The number of carbonyl (C=O) groups excluding carboxylic acids is 1. The number of fused-ring (bicyclic) bond motifs is 1. The molecule has 8 nitrogen and oxygen atoms in total. The van der Waals surface area contributed by atoms with Crippen molar-refractivity contribution >= 4 is 23.0 Å². The van der Waals surface area contributed by atoms with Gasteiger partial charge in [-0.05, 0) is 23.8 Å². The maximum atomic E-state index is 11.8. The average molecular weight is 413 g/mol. The summed E-state index contributed by atoms with van der Waals surface area (Å²) in [5.41, 5.74) is 10.7. The molecule has 2 aliphatic heterocycles. The summed E-state index contributed by atoms with van der Waals surface area (Å²) in [6, 6.07) is 15.7. The van der Waals surface area contributed by atoms with E-state index in [1.165, 1.54) is 5.56 Å². The second-order valence-electron chi connectivity index (χ2n) is 7.53. The largest absolute Gasteiger partial charge is 0.366 e. The summed E-state index contributed by atoms with van der Waals surface area (Å²) < 4.78 is 0. The number of aromatic nitrogens is 2. The Morgan fingerprint density at radius 1 is 1.16 bits per heavy atom. The Morgan fingerprint density at radius 3 is 2.87 bits per heavy atom. The van der Waals surface area contributed by atoms with Gasteiger partial charge in [0.05, 0.1) is 23.8 Å². The second-order valence-corrected chi connectivity index (χ2v) is 7.53. The number of para-hydroxylation sites is 1. The first-order chi connectivity index (χ1) is 15.2. The fraction of sp³-hybridized carbons (Fsp3) is 0.174. The van der Waals surface area contributed by atoms with Crippen molar-refractivity contribution in [1.82, 2.24) is 26.1 Å². The molecular formula is C23H23N7O. The van der Waals surface area contributed by atoms with Crippen molar-refractivity contribution < 1.29 is 4.79 Å². The first kappa shape index (κ1) is 19.2. The van der Waals surface area contributed by atoms with Crippen LogP contribution in [0.2, 0.25) is 0 Å². The molecule has 0 spiro atoms. The molecule has 0 fully saturated rings. The normalized spacial score (nSPS) is 20.4. The molecule has 0 radical (unpaired) electrons. The lowest BCUT2D eigenvalue weighted by atomic mass is 10.0. The van der Waals surface area contributed by atoms with Gasteiger partial charge in [0.25, 0.3) is 5.91 Å². The van der Waals surface area contributed by atoms with Crippen LogP contribution in [0.5, 0.6) is 0 Å². The highest BCUT2D eigenvalue weighted by atomic mass is 16.1. The van der Waals surface area contributed by atoms with Gasteiger partial charge in [0, 0.05) is 29.4 Å². The molecular weight excluding hydrogens is 390 g/mol. The molecule has 156 valence electrons. The van der Waals surface area contributed by atoms with Crippen LogP contribution >= 0.6 is 0 Å². The molecule has 2 unspecified atom stereocenters. The molecule has 1 aromatic heterocycles. The number of rotatable bonds is 5. The van der Waals surface area contributed by atoms with Crippen molar-refractivity contribution in [3.05, 3.63) is 88.8 Å². The maximum Gasteiger partial charge on any atom is 0.250 e. The van der Waals surface area contributed by atoms with Gasteiger partial charge in [-0.25, -0.2) is 0 Å². The number of nitrogens with two attached hydrogens (primary N) is 1. The van der Waals surface area contributed by atoms with Crippen molar-refractivity contribution in [2.75, 3.05) is 6.54 Å². The fourth-order valence-electron chi connectivity index (χ4n) is 4.03. The highest BCUT2D eigenvalue weighted by Crippen LogP contribution is 2.28. The predicted molar refractivity (Wildman–Crippen MR) is 120 cm³/mol. The van der Waals surface area contributed by atoms with Crippen molar-refractivity contribution in [2.24, 2.45) is 10.7 Å². The van der Waals surface area contributed by atoms with Crippen LogP contribution in [0.15, 0.2) is 76.9 Å². The number of carbonyl (C=O) groups is 1. The Morgan fingerprint density at radius 2 is 2.03 bits per heavy atom. The Kier molecular flexibility index (Phi) is 5.07. The third-order valence-corrected chi connectivity index (χ3v) is 5.56. The summed E-state index contributed by atoms with van der Waals surface area (Å²) in [5, 5.41) is 19.1. The van der Waals surface area contributed by atoms with E-state index >= 15 is 0 Å². The lowest BCUT2D eigenvalue weighted by Crippen LogP contribution is -2.54. The molecule has 3 aromatic rings. The van der Waals surface area contributed by atoms with Gasteiger partial charge in [-0.3, -0.25) is 25.5 Å². The standard InChI is InChI=1S/C23H23N7O/c24-21(31)16-9-4-8-15-19(16)29-30-20(15)23-27-18-10-5-11-25-13-17(18)22(28-23)26-12-14-6-2-1-3-7-14/h1-11,22-23,26-28H,12-13H2,(H2,24,31)(H,29,30). The van der Waals surface area contributed by atoms with E-state index in [2.05, 4.69) is 43.3 Å². The molecule has 3 heterocycles. The Hall–Kier alpha value is -3.75. The molecule has 0 aliphatic carbocycles. The quantitative estimate of drug-likeness (QED) is 0.437. The molecule has 0 saturated heterocycles. The van der Waals surface area contributed by atoms with Crippen LogP contribution < -0.4 is 21.7 Å². The van der Waals surface area contributed by atoms with E-state index < -0.39 is 5.91 Å². The van der Waals surface area contributed by atoms with E-state index in [0.717, 1.165) is 22.4 Å². The molecule has 0 saturated carbocycles. The Labute approximate surface area is 179 Å². The van der Waals surface area contributed by atoms with Crippen molar-refractivity contribution in [3.8, 4) is 0 Å². The van der Waals surface area contributed by atoms with E-state index in [0.29, 0.717) is 24.2 Å². The van der Waals surface area contributed by atoms with E-state index in [4.69, 9.17) is 5.73 Å². The van der Waals surface area contributed by atoms with Gasteiger partial charge in [0.15, 0.2) is 0 Å². The number of nitrogens with zero attached hydrogens (tertiary/aromatic N) is 2. The van der Waals surface area contributed by atoms with Crippen LogP contribution in [0.25, 0.3) is 10.9 Å². The Bertz CT molecular complexity index is 1210. The van der Waals surface area contributed by atoms with Crippen molar-refractivity contribution in [1.29, 1.82) is 0 Å². The number of hydrogen-bond donors (Lipinski definition) is 5. The molecule has 2 atom stereocenters. The molecule has 0 bridgehead atoms. The first-order valence-corrected chi connectivity index (χ1v) is 10.2. The van der Waals surface area contributed by atoms with E-state index in [9.17, 15) is 4.79 Å². The number of hydrogen-bond acceptors (Lipinski definition) is 6. The van der Waals surface area contributed by atoms with E-state index in [1.807, 2.05) is 48.7 Å². The van der Waals surface area contributed by atoms with Gasteiger partial charge in [0.2, 0.25) is 0 Å². The van der Waals surface area contributed by atoms with E-state index in [-0.39, 0.29) is 12.3 Å². The number of nitrogens with one attached hydrogen (secondary N) is 4. The predicted octanol–water partition coefficient (Wildman–Crippen LogP) is 1.86. The zero-order valence-corrected chi connectivity index (χ0v) is 16.8. The molecule has 8 heteroatoms. The number of H-pyrrole nitrogens is 1. The van der Waals surface area contributed by atoms with E-state index in [1.54, 1.807) is 6.07 Å². The molecule has 6 N–H and O–H groups in total. The number of amides is 1. The molecule has 31 heavy (non-hydrogen) atoms. The van der Waals surface area contributed by atoms with Crippen molar-refractivity contribution in [3.63, 3.8) is 0 Å². The van der Waals surface area contributed by atoms with Gasteiger partial charge in [-0.1, -0.05) is 42.5 Å². The summed E-state index contributed by atoms with van der Waals surface area (Å²) in [5.74, 6) is -0.485. The van der Waals surface area contributed by atoms with Crippen LogP contribution in [-0.2, 0) is 6.54 Å². The highest BCUT2D eigenvalue weighted by Gasteiger charge is 2.30. The minimum absolute atomic E-state index is 0.104. The third-order valence-electron chi connectivity index (χ3n) is 5.56. The van der Waals surface area contributed by atoms with Crippen LogP contribution in [0.1, 0.15) is 27.8 Å². The number of primary amides is 1. The Balaban J connectivity index is 1.48. The second kappa shape index (κ2) is 8.17. The maximum absolute atomic E-state index is 11.8. The summed E-state index contributed by atoms with van der Waals surface area (Å²) in [4.78, 5) is 16.3. The topological polar surface area (TPSA) is 120 Å². The average Bonchev–Trinajstić information content (AvgIpc) is 3.08. The van der Waals surface area contributed by atoms with Crippen LogP contribution in [0.4, 0.5) is 0 Å².